The maximum Gasteiger partial charge on any atom is 0.340 e. The molecule has 32 heavy (non-hydrogen) atoms. The van der Waals surface area contributed by atoms with Crippen LogP contribution in [0.25, 0.3) is 0 Å². The van der Waals surface area contributed by atoms with E-state index in [0.29, 0.717) is 29.8 Å². The molecule has 0 amide bonds. The van der Waals surface area contributed by atoms with Gasteiger partial charge in [-0.3, -0.25) is 4.31 Å². The van der Waals surface area contributed by atoms with Gasteiger partial charge < -0.3 is 4.74 Å². The summed E-state index contributed by atoms with van der Waals surface area (Å²) in [4.78, 5) is 12.6. The number of hydrogen-bond acceptors (Lipinski definition) is 5. The lowest BCUT2D eigenvalue weighted by Crippen LogP contribution is -2.35. The smallest absolute Gasteiger partial charge is 0.340 e. The summed E-state index contributed by atoms with van der Waals surface area (Å²) in [5.74, 6) is -0.726. The van der Waals surface area contributed by atoms with E-state index < -0.39 is 16.0 Å². The summed E-state index contributed by atoms with van der Waals surface area (Å²) in [6.45, 7) is 0.331. The largest absolute Gasteiger partial charge is 0.457 e. The topological polar surface area (TPSA) is 87.5 Å². The Hall–Kier alpha value is -3.34. The zero-order valence-corrected chi connectivity index (χ0v) is 18.6. The van der Waals surface area contributed by atoms with Crippen LogP contribution in [0, 0.1) is 11.3 Å². The average molecular weight is 467 g/mol. The number of ether oxygens (including phenoxy) is 1. The SMILES string of the molecule is N#Cc1ccc(COC(=O)c2cc(S(=O)(=O)N3CCCc4ccccc43)ccc2Cl)cc1. The first-order chi connectivity index (χ1) is 15.4. The van der Waals surface area contributed by atoms with Gasteiger partial charge in [-0.15, -0.1) is 0 Å². The molecule has 8 heteroatoms. The minimum Gasteiger partial charge on any atom is -0.457 e. The third kappa shape index (κ3) is 4.33. The van der Waals surface area contributed by atoms with Gasteiger partial charge in [-0.2, -0.15) is 5.26 Å². The van der Waals surface area contributed by atoms with Crippen LogP contribution in [0.5, 0.6) is 0 Å². The predicted molar refractivity (Wildman–Crippen MR) is 121 cm³/mol. The monoisotopic (exact) mass is 466 g/mol. The highest BCUT2D eigenvalue weighted by molar-refractivity contribution is 7.92. The molecular formula is C24H19ClN2O4S. The average Bonchev–Trinajstić information content (AvgIpc) is 2.82. The molecule has 0 radical (unpaired) electrons. The summed E-state index contributed by atoms with van der Waals surface area (Å²) in [7, 11) is -3.89. The first-order valence-corrected chi connectivity index (χ1v) is 11.8. The van der Waals surface area contributed by atoms with Gasteiger partial charge in [-0.25, -0.2) is 13.2 Å². The van der Waals surface area contributed by atoms with E-state index in [9.17, 15) is 13.2 Å². The number of halogens is 1. The van der Waals surface area contributed by atoms with Gasteiger partial charge in [0.2, 0.25) is 0 Å². The molecule has 1 aliphatic rings. The van der Waals surface area contributed by atoms with Crippen molar-refractivity contribution in [2.75, 3.05) is 10.8 Å². The molecule has 0 saturated heterocycles. The predicted octanol–water partition coefficient (Wildman–Crippen LogP) is 4.71. The first-order valence-electron chi connectivity index (χ1n) is 9.96. The van der Waals surface area contributed by atoms with Crippen molar-refractivity contribution in [3.05, 3.63) is 94.0 Å². The number of nitriles is 1. The van der Waals surface area contributed by atoms with E-state index in [0.717, 1.165) is 12.0 Å². The van der Waals surface area contributed by atoms with Crippen molar-refractivity contribution in [1.29, 1.82) is 5.26 Å². The number of carbonyl (C=O) groups is 1. The Balaban J connectivity index is 1.58. The van der Waals surface area contributed by atoms with Gasteiger partial charge >= 0.3 is 5.97 Å². The van der Waals surface area contributed by atoms with Crippen molar-refractivity contribution in [2.24, 2.45) is 0 Å². The van der Waals surface area contributed by atoms with Crippen molar-refractivity contribution in [3.63, 3.8) is 0 Å². The summed E-state index contributed by atoms with van der Waals surface area (Å²) in [6, 6.07) is 20.1. The second-order valence-electron chi connectivity index (χ2n) is 7.34. The Kier molecular flexibility index (Phi) is 6.17. The molecule has 0 unspecified atom stereocenters. The normalized spacial score (nSPS) is 13.2. The third-order valence-electron chi connectivity index (χ3n) is 5.27. The maximum absolute atomic E-state index is 13.4. The number of anilines is 1. The lowest BCUT2D eigenvalue weighted by Gasteiger charge is -2.30. The van der Waals surface area contributed by atoms with E-state index in [-0.39, 0.29) is 22.1 Å². The van der Waals surface area contributed by atoms with Crippen LogP contribution in [-0.2, 0) is 27.8 Å². The Labute approximate surface area is 191 Å². The van der Waals surface area contributed by atoms with Gasteiger partial charge in [0.25, 0.3) is 10.0 Å². The van der Waals surface area contributed by atoms with Gasteiger partial charge in [0, 0.05) is 6.54 Å². The number of carbonyl (C=O) groups excluding carboxylic acids is 1. The van der Waals surface area contributed by atoms with E-state index in [4.69, 9.17) is 21.6 Å². The molecule has 0 aliphatic carbocycles. The fraction of sp³-hybridized carbons (Fsp3) is 0.167. The van der Waals surface area contributed by atoms with Crippen molar-refractivity contribution >= 4 is 33.3 Å². The van der Waals surface area contributed by atoms with Crippen LogP contribution in [0.3, 0.4) is 0 Å². The van der Waals surface area contributed by atoms with Crippen molar-refractivity contribution < 1.29 is 17.9 Å². The van der Waals surface area contributed by atoms with Crippen LogP contribution in [0.2, 0.25) is 5.02 Å². The van der Waals surface area contributed by atoms with Gasteiger partial charge in [-0.05, 0) is 60.4 Å². The molecule has 0 bridgehead atoms. The fourth-order valence-corrected chi connectivity index (χ4v) is 5.36. The third-order valence-corrected chi connectivity index (χ3v) is 7.41. The molecule has 3 aromatic rings. The highest BCUT2D eigenvalue weighted by atomic mass is 35.5. The number of hydrogen-bond donors (Lipinski definition) is 0. The van der Waals surface area contributed by atoms with Gasteiger partial charge in [-0.1, -0.05) is 41.9 Å². The molecule has 3 aromatic carbocycles. The number of rotatable bonds is 5. The molecule has 0 atom stereocenters. The summed E-state index contributed by atoms with van der Waals surface area (Å²) in [6.07, 6.45) is 1.53. The maximum atomic E-state index is 13.4. The fourth-order valence-electron chi connectivity index (χ4n) is 3.60. The summed E-state index contributed by atoms with van der Waals surface area (Å²) < 4.78 is 33.5. The van der Waals surface area contributed by atoms with Crippen LogP contribution >= 0.6 is 11.6 Å². The van der Waals surface area contributed by atoms with E-state index in [1.165, 1.54) is 22.5 Å². The first kappa shape index (κ1) is 21.9. The van der Waals surface area contributed by atoms with E-state index in [2.05, 4.69) is 0 Å². The van der Waals surface area contributed by atoms with Crippen LogP contribution in [0.4, 0.5) is 5.69 Å². The van der Waals surface area contributed by atoms with Crippen molar-refractivity contribution in [2.45, 2.75) is 24.3 Å². The number of esters is 1. The van der Waals surface area contributed by atoms with E-state index >= 15 is 0 Å². The van der Waals surface area contributed by atoms with Crippen LogP contribution in [0.15, 0.2) is 71.6 Å². The summed E-state index contributed by atoms with van der Waals surface area (Å²) in [5.41, 5.74) is 2.80. The minimum atomic E-state index is -3.89. The number of para-hydroxylation sites is 1. The molecule has 162 valence electrons. The Bertz CT molecular complexity index is 1310. The van der Waals surface area contributed by atoms with Gasteiger partial charge in [0.15, 0.2) is 0 Å². The van der Waals surface area contributed by atoms with Gasteiger partial charge in [0.05, 0.1) is 32.8 Å². The summed E-state index contributed by atoms with van der Waals surface area (Å²) in [5, 5.41) is 8.97. The number of benzene rings is 3. The standard InChI is InChI=1S/C24H19ClN2O4S/c25-22-12-11-20(32(29,30)27-13-3-5-19-4-1-2-6-23(19)27)14-21(22)24(28)31-16-18-9-7-17(15-26)8-10-18/h1-2,4,6-12,14H,3,5,13,16H2. The number of sulfonamides is 1. The number of nitrogens with zero attached hydrogens (tertiary/aromatic N) is 2. The Morgan fingerprint density at radius 1 is 1.09 bits per heavy atom. The number of aryl methyl sites for hydroxylation is 1. The molecule has 6 nitrogen and oxygen atoms in total. The van der Waals surface area contributed by atoms with Crippen molar-refractivity contribution in [1.82, 2.24) is 0 Å². The summed E-state index contributed by atoms with van der Waals surface area (Å²) >= 11 is 6.18. The highest BCUT2D eigenvalue weighted by Crippen LogP contribution is 2.33. The van der Waals surface area contributed by atoms with Gasteiger partial charge in [0.1, 0.15) is 6.61 Å². The highest BCUT2D eigenvalue weighted by Gasteiger charge is 2.30. The second-order valence-corrected chi connectivity index (χ2v) is 9.61. The second kappa shape index (κ2) is 9.03. The molecule has 0 N–H and O–H groups in total. The molecule has 0 aromatic heterocycles. The number of fused-ring (bicyclic) bond motifs is 1. The molecular weight excluding hydrogens is 448 g/mol. The van der Waals surface area contributed by atoms with Crippen LogP contribution < -0.4 is 4.31 Å². The van der Waals surface area contributed by atoms with Crippen LogP contribution in [0.1, 0.15) is 33.5 Å². The van der Waals surface area contributed by atoms with E-state index in [1.54, 1.807) is 36.4 Å². The zero-order chi connectivity index (χ0) is 22.7. The Morgan fingerprint density at radius 3 is 2.59 bits per heavy atom. The molecule has 0 saturated carbocycles. The quantitative estimate of drug-likeness (QED) is 0.508. The molecule has 0 fully saturated rings. The Morgan fingerprint density at radius 2 is 1.84 bits per heavy atom. The molecule has 1 aliphatic heterocycles. The molecule has 1 heterocycles. The lowest BCUT2D eigenvalue weighted by atomic mass is 10.0. The van der Waals surface area contributed by atoms with Crippen LogP contribution in [-0.4, -0.2) is 20.9 Å². The molecule has 4 rings (SSSR count). The minimum absolute atomic E-state index is 0.0216. The lowest BCUT2D eigenvalue weighted by molar-refractivity contribution is 0.0472. The van der Waals surface area contributed by atoms with E-state index in [1.807, 2.05) is 18.2 Å². The zero-order valence-electron chi connectivity index (χ0n) is 17.0. The van der Waals surface area contributed by atoms with Crippen molar-refractivity contribution in [3.8, 4) is 6.07 Å². The molecule has 0 spiro atoms.